The number of nitrogens with one attached hydrogen (secondary N) is 1. The summed E-state index contributed by atoms with van der Waals surface area (Å²) in [5, 5.41) is 16.0. The number of rotatable bonds is 4. The van der Waals surface area contributed by atoms with Crippen molar-refractivity contribution in [2.45, 2.75) is 43.6 Å². The molecule has 116 valence electrons. The summed E-state index contributed by atoms with van der Waals surface area (Å²) < 4.78 is 5.27. The molecule has 0 aliphatic heterocycles. The summed E-state index contributed by atoms with van der Waals surface area (Å²) in [6.45, 7) is 0. The Morgan fingerprint density at radius 3 is 2.61 bits per heavy atom. The number of carbonyl (C=O) groups excluding carboxylic acids is 1. The van der Waals surface area contributed by atoms with E-state index in [0.29, 0.717) is 17.4 Å². The molecule has 0 unspecified atom stereocenters. The molecule has 2 aliphatic carbocycles. The Hall–Kier alpha value is -2.68. The summed E-state index contributed by atoms with van der Waals surface area (Å²) in [4.78, 5) is 16.6. The van der Waals surface area contributed by atoms with Crippen LogP contribution in [0.15, 0.2) is 28.8 Å². The number of carbonyl (C=O) groups is 1. The number of nitrogens with zero attached hydrogens (tertiary/aromatic N) is 3. The quantitative estimate of drug-likeness (QED) is 0.937. The fourth-order valence-electron chi connectivity index (χ4n) is 2.71. The molecule has 0 bridgehead atoms. The smallest absolute Gasteiger partial charge is 0.257 e. The van der Waals surface area contributed by atoms with Crippen LogP contribution >= 0.6 is 0 Å². The molecule has 1 heterocycles. The summed E-state index contributed by atoms with van der Waals surface area (Å²) >= 11 is 0. The lowest BCUT2D eigenvalue weighted by atomic mass is 9.78. The lowest BCUT2D eigenvalue weighted by Gasteiger charge is -2.35. The first kappa shape index (κ1) is 13.9. The molecule has 23 heavy (non-hydrogen) atoms. The monoisotopic (exact) mass is 308 g/mol. The molecular formula is C17H16N4O2. The van der Waals surface area contributed by atoms with E-state index in [2.05, 4.69) is 21.5 Å². The minimum absolute atomic E-state index is 0.220. The van der Waals surface area contributed by atoms with Crippen molar-refractivity contribution in [3.63, 3.8) is 0 Å². The third kappa shape index (κ3) is 2.59. The van der Waals surface area contributed by atoms with Crippen molar-refractivity contribution in [1.29, 1.82) is 5.26 Å². The first-order valence-corrected chi connectivity index (χ1v) is 7.87. The van der Waals surface area contributed by atoms with Gasteiger partial charge in [0, 0.05) is 17.0 Å². The van der Waals surface area contributed by atoms with E-state index < -0.39 is 5.54 Å². The zero-order valence-corrected chi connectivity index (χ0v) is 12.6. The minimum Gasteiger partial charge on any atom is -0.334 e. The molecule has 1 amide bonds. The average Bonchev–Trinajstić information content (AvgIpc) is 3.28. The molecule has 2 aromatic rings. The molecular weight excluding hydrogens is 292 g/mol. The molecule has 0 atom stereocenters. The van der Waals surface area contributed by atoms with Crippen LogP contribution in [0.25, 0.3) is 11.5 Å². The summed E-state index contributed by atoms with van der Waals surface area (Å²) in [5.41, 5.74) is 0.637. The fourth-order valence-corrected chi connectivity index (χ4v) is 2.71. The Bertz CT molecular complexity index is 780. The van der Waals surface area contributed by atoms with Crippen LogP contribution in [0.1, 0.15) is 54.2 Å². The van der Waals surface area contributed by atoms with Crippen LogP contribution in [0, 0.1) is 11.3 Å². The molecule has 6 nitrogen and oxygen atoms in total. The highest BCUT2D eigenvalue weighted by molar-refractivity contribution is 5.95. The van der Waals surface area contributed by atoms with Crippen molar-refractivity contribution in [1.82, 2.24) is 15.5 Å². The number of hydrogen-bond acceptors (Lipinski definition) is 5. The van der Waals surface area contributed by atoms with Gasteiger partial charge in [0.15, 0.2) is 5.82 Å². The Morgan fingerprint density at radius 2 is 2.04 bits per heavy atom. The van der Waals surface area contributed by atoms with Crippen LogP contribution in [-0.4, -0.2) is 21.6 Å². The van der Waals surface area contributed by atoms with Gasteiger partial charge >= 0.3 is 0 Å². The molecule has 0 radical (unpaired) electrons. The van der Waals surface area contributed by atoms with Gasteiger partial charge in [0.1, 0.15) is 5.54 Å². The summed E-state index contributed by atoms with van der Waals surface area (Å²) in [7, 11) is 0. The average molecular weight is 308 g/mol. The maximum Gasteiger partial charge on any atom is 0.257 e. The molecule has 2 aliphatic rings. The summed E-state index contributed by atoms with van der Waals surface area (Å²) in [5.74, 6) is 1.47. The van der Waals surface area contributed by atoms with Crippen molar-refractivity contribution in [2.24, 2.45) is 0 Å². The van der Waals surface area contributed by atoms with Crippen molar-refractivity contribution < 1.29 is 9.32 Å². The lowest BCUT2D eigenvalue weighted by Crippen LogP contribution is -2.52. The maximum absolute atomic E-state index is 12.2. The Kier molecular flexibility index (Phi) is 3.15. The van der Waals surface area contributed by atoms with E-state index >= 15 is 0 Å². The Labute approximate surface area is 133 Å². The standard InChI is InChI=1S/C17H16N4O2/c18-10-17(8-1-9-17)20-15(22)12-4-6-13(7-5-12)16-19-14(21-23-16)11-2-3-11/h4-7,11H,1-3,8-9H2,(H,20,22). The van der Waals surface area contributed by atoms with Gasteiger partial charge in [0.2, 0.25) is 0 Å². The highest BCUT2D eigenvalue weighted by atomic mass is 16.5. The third-order valence-corrected chi connectivity index (χ3v) is 4.55. The second kappa shape index (κ2) is 5.20. The molecule has 1 aromatic carbocycles. The van der Waals surface area contributed by atoms with Crippen LogP contribution in [0.5, 0.6) is 0 Å². The van der Waals surface area contributed by atoms with Crippen LogP contribution in [0.4, 0.5) is 0 Å². The number of hydrogen-bond donors (Lipinski definition) is 1. The maximum atomic E-state index is 12.2. The van der Waals surface area contributed by atoms with E-state index in [0.717, 1.165) is 43.5 Å². The van der Waals surface area contributed by atoms with E-state index in [1.165, 1.54) is 0 Å². The van der Waals surface area contributed by atoms with Gasteiger partial charge in [-0.2, -0.15) is 10.2 Å². The van der Waals surface area contributed by atoms with Gasteiger partial charge in [-0.05, 0) is 56.4 Å². The molecule has 2 saturated carbocycles. The number of benzene rings is 1. The normalized spacial score (nSPS) is 18.7. The molecule has 2 fully saturated rings. The molecule has 0 spiro atoms. The first-order chi connectivity index (χ1) is 11.2. The topological polar surface area (TPSA) is 91.8 Å². The predicted octanol–water partition coefficient (Wildman–Crippen LogP) is 2.79. The lowest BCUT2D eigenvalue weighted by molar-refractivity contribution is 0.0881. The van der Waals surface area contributed by atoms with Gasteiger partial charge in [-0.25, -0.2) is 0 Å². The van der Waals surface area contributed by atoms with E-state index in [9.17, 15) is 10.1 Å². The SMILES string of the molecule is N#CC1(NC(=O)c2ccc(-c3nc(C4CC4)no3)cc2)CCC1. The van der Waals surface area contributed by atoms with Crippen molar-refractivity contribution in [2.75, 3.05) is 0 Å². The minimum atomic E-state index is -0.679. The Morgan fingerprint density at radius 1 is 1.30 bits per heavy atom. The fraction of sp³-hybridized carbons (Fsp3) is 0.412. The highest BCUT2D eigenvalue weighted by Crippen LogP contribution is 2.38. The largest absolute Gasteiger partial charge is 0.334 e. The van der Waals surface area contributed by atoms with Crippen molar-refractivity contribution >= 4 is 5.91 Å². The predicted molar refractivity (Wildman–Crippen MR) is 81.4 cm³/mol. The third-order valence-electron chi connectivity index (χ3n) is 4.55. The van der Waals surface area contributed by atoms with E-state index in [-0.39, 0.29) is 5.91 Å². The van der Waals surface area contributed by atoms with E-state index in [1.807, 2.05) is 0 Å². The molecule has 4 rings (SSSR count). The van der Waals surface area contributed by atoms with Crippen LogP contribution in [-0.2, 0) is 0 Å². The van der Waals surface area contributed by atoms with Crippen LogP contribution in [0.3, 0.4) is 0 Å². The summed E-state index contributed by atoms with van der Waals surface area (Å²) in [6.07, 6.45) is 4.67. The Balaban J connectivity index is 1.48. The molecule has 6 heteroatoms. The number of nitriles is 1. The highest BCUT2D eigenvalue weighted by Gasteiger charge is 2.38. The van der Waals surface area contributed by atoms with Crippen LogP contribution in [0.2, 0.25) is 0 Å². The van der Waals surface area contributed by atoms with Crippen molar-refractivity contribution in [3.05, 3.63) is 35.7 Å². The number of aromatic nitrogens is 2. The van der Waals surface area contributed by atoms with Crippen molar-refractivity contribution in [3.8, 4) is 17.5 Å². The van der Waals surface area contributed by atoms with E-state index in [4.69, 9.17) is 4.52 Å². The van der Waals surface area contributed by atoms with Gasteiger partial charge in [0.25, 0.3) is 11.8 Å². The van der Waals surface area contributed by atoms with Gasteiger partial charge in [-0.15, -0.1) is 0 Å². The second-order valence-electron chi connectivity index (χ2n) is 6.31. The zero-order valence-electron chi connectivity index (χ0n) is 12.6. The number of amides is 1. The van der Waals surface area contributed by atoms with E-state index in [1.54, 1.807) is 24.3 Å². The molecule has 1 aromatic heterocycles. The zero-order chi connectivity index (χ0) is 15.9. The summed E-state index contributed by atoms with van der Waals surface area (Å²) in [6, 6.07) is 9.22. The second-order valence-corrected chi connectivity index (χ2v) is 6.31. The molecule has 1 N–H and O–H groups in total. The first-order valence-electron chi connectivity index (χ1n) is 7.87. The van der Waals surface area contributed by atoms with Gasteiger partial charge in [0.05, 0.1) is 6.07 Å². The van der Waals surface area contributed by atoms with Gasteiger partial charge in [-0.3, -0.25) is 4.79 Å². The van der Waals surface area contributed by atoms with Gasteiger partial charge in [-0.1, -0.05) is 5.16 Å². The van der Waals surface area contributed by atoms with Crippen LogP contribution < -0.4 is 5.32 Å². The van der Waals surface area contributed by atoms with Gasteiger partial charge < -0.3 is 9.84 Å². The molecule has 0 saturated heterocycles.